The number of hydrogen-bond donors (Lipinski definition) is 0. The van der Waals surface area contributed by atoms with Gasteiger partial charge in [-0.1, -0.05) is 164 Å². The first-order valence-electron chi connectivity index (χ1n) is 18.8. The quantitative estimate of drug-likeness (QED) is 0.172. The van der Waals surface area contributed by atoms with Gasteiger partial charge in [0.2, 0.25) is 0 Å². The van der Waals surface area contributed by atoms with Gasteiger partial charge in [-0.25, -0.2) is 15.0 Å². The van der Waals surface area contributed by atoms with Crippen LogP contribution in [0.3, 0.4) is 0 Å². The van der Waals surface area contributed by atoms with Crippen molar-refractivity contribution in [2.24, 2.45) is 0 Å². The average Bonchev–Trinajstić information content (AvgIpc) is 3.83. The Balaban J connectivity index is 1.10. The second kappa shape index (κ2) is 13.0. The molecule has 0 aliphatic heterocycles. The van der Waals surface area contributed by atoms with E-state index in [4.69, 9.17) is 19.4 Å². The van der Waals surface area contributed by atoms with Crippen molar-refractivity contribution in [1.82, 2.24) is 19.5 Å². The Morgan fingerprint density at radius 2 is 0.893 bits per heavy atom. The second-order valence-corrected chi connectivity index (χ2v) is 14.0. The molecule has 5 nitrogen and oxygen atoms in total. The molecule has 0 saturated carbocycles. The Morgan fingerprint density at radius 3 is 1.59 bits per heavy atom. The van der Waals surface area contributed by atoms with E-state index in [9.17, 15) is 0 Å². The predicted octanol–water partition coefficient (Wildman–Crippen LogP) is 13.2. The van der Waals surface area contributed by atoms with Crippen molar-refractivity contribution in [2.75, 3.05) is 0 Å². The molecule has 0 aliphatic rings. The summed E-state index contributed by atoms with van der Waals surface area (Å²) in [6.45, 7) is 0. The summed E-state index contributed by atoms with van der Waals surface area (Å²) in [5.41, 5.74) is 12.2. The molecule has 11 rings (SSSR count). The van der Waals surface area contributed by atoms with Crippen LogP contribution in [0, 0.1) is 0 Å². The van der Waals surface area contributed by atoms with E-state index in [1.807, 2.05) is 66.7 Å². The Bertz CT molecular complexity index is 3160. The monoisotopic (exact) mass is 716 g/mol. The fourth-order valence-electron chi connectivity index (χ4n) is 8.02. The lowest BCUT2D eigenvalue weighted by Gasteiger charge is -2.12. The van der Waals surface area contributed by atoms with Crippen molar-refractivity contribution in [3.63, 3.8) is 0 Å². The maximum atomic E-state index is 6.81. The van der Waals surface area contributed by atoms with Crippen molar-refractivity contribution in [3.05, 3.63) is 194 Å². The molecule has 262 valence electrons. The standard InChI is InChI=1S/C51H32N4O/c1-4-14-33(15-5-1)34-26-28-35(29-27-34)39-21-12-23-43-41-31-30-38(32-46(41)56-48(39)43)55-45-25-11-10-20-40(45)42-22-13-24-44(47(42)55)51-53-49(36-16-6-2-7-17-36)52-50(54-51)37-18-8-3-9-19-37/h1-32H. The maximum absolute atomic E-state index is 6.81. The fraction of sp³-hybridized carbons (Fsp3) is 0. The zero-order valence-corrected chi connectivity index (χ0v) is 30.2. The van der Waals surface area contributed by atoms with Crippen LogP contribution in [0.25, 0.3) is 106 Å². The molecule has 0 bridgehead atoms. The smallest absolute Gasteiger partial charge is 0.166 e. The number of aromatic nitrogens is 4. The van der Waals surface area contributed by atoms with Crippen LogP contribution in [0.1, 0.15) is 0 Å². The molecule has 8 aromatic carbocycles. The largest absolute Gasteiger partial charge is 0.455 e. The lowest BCUT2D eigenvalue weighted by atomic mass is 9.99. The van der Waals surface area contributed by atoms with Crippen LogP contribution >= 0.6 is 0 Å². The molecule has 0 spiro atoms. The molecule has 0 unspecified atom stereocenters. The minimum absolute atomic E-state index is 0.611. The molecule has 11 aromatic rings. The highest BCUT2D eigenvalue weighted by Gasteiger charge is 2.21. The molecule has 5 heteroatoms. The summed E-state index contributed by atoms with van der Waals surface area (Å²) in [6.07, 6.45) is 0. The molecule has 56 heavy (non-hydrogen) atoms. The number of rotatable bonds is 6. The van der Waals surface area contributed by atoms with Crippen LogP contribution < -0.4 is 0 Å². The number of nitrogens with zero attached hydrogens (tertiary/aromatic N) is 4. The van der Waals surface area contributed by atoms with Gasteiger partial charge in [0.05, 0.1) is 11.0 Å². The first-order valence-corrected chi connectivity index (χ1v) is 18.8. The molecule has 0 radical (unpaired) electrons. The van der Waals surface area contributed by atoms with Crippen molar-refractivity contribution in [2.45, 2.75) is 0 Å². The molecule has 0 saturated heterocycles. The summed E-state index contributed by atoms with van der Waals surface area (Å²) < 4.78 is 9.14. The minimum atomic E-state index is 0.611. The van der Waals surface area contributed by atoms with E-state index in [2.05, 4.69) is 132 Å². The summed E-state index contributed by atoms with van der Waals surface area (Å²) in [5, 5.41) is 4.43. The van der Waals surface area contributed by atoms with Crippen LogP contribution in [-0.4, -0.2) is 19.5 Å². The topological polar surface area (TPSA) is 56.7 Å². The van der Waals surface area contributed by atoms with Crippen molar-refractivity contribution < 1.29 is 4.42 Å². The zero-order chi connectivity index (χ0) is 37.0. The van der Waals surface area contributed by atoms with Crippen LogP contribution in [0.2, 0.25) is 0 Å². The molecular weight excluding hydrogens is 685 g/mol. The van der Waals surface area contributed by atoms with Crippen molar-refractivity contribution in [1.29, 1.82) is 0 Å². The van der Waals surface area contributed by atoms with Gasteiger partial charge in [0.1, 0.15) is 11.2 Å². The lowest BCUT2D eigenvalue weighted by Crippen LogP contribution is -2.02. The number of furan rings is 1. The number of hydrogen-bond acceptors (Lipinski definition) is 4. The molecule has 0 fully saturated rings. The highest BCUT2D eigenvalue weighted by atomic mass is 16.3. The summed E-state index contributed by atoms with van der Waals surface area (Å²) >= 11 is 0. The Morgan fingerprint density at radius 1 is 0.357 bits per heavy atom. The summed E-state index contributed by atoms with van der Waals surface area (Å²) in [7, 11) is 0. The summed E-state index contributed by atoms with van der Waals surface area (Å²) in [4.78, 5) is 15.2. The number of para-hydroxylation sites is 3. The molecule has 0 atom stereocenters. The third-order valence-corrected chi connectivity index (χ3v) is 10.7. The van der Waals surface area contributed by atoms with Gasteiger partial charge in [0.25, 0.3) is 0 Å². The first kappa shape index (κ1) is 31.9. The highest BCUT2D eigenvalue weighted by Crippen LogP contribution is 2.41. The maximum Gasteiger partial charge on any atom is 0.166 e. The van der Waals surface area contributed by atoms with Gasteiger partial charge in [-0.15, -0.1) is 0 Å². The van der Waals surface area contributed by atoms with E-state index in [0.717, 1.165) is 77.2 Å². The van der Waals surface area contributed by atoms with E-state index < -0.39 is 0 Å². The Hall–Kier alpha value is -7.63. The van der Waals surface area contributed by atoms with Gasteiger partial charge in [0.15, 0.2) is 17.5 Å². The van der Waals surface area contributed by atoms with Crippen molar-refractivity contribution in [3.8, 4) is 62.1 Å². The van der Waals surface area contributed by atoms with Gasteiger partial charge < -0.3 is 8.98 Å². The normalized spacial score (nSPS) is 11.6. The van der Waals surface area contributed by atoms with E-state index in [0.29, 0.717) is 17.5 Å². The SMILES string of the molecule is c1ccc(-c2ccc(-c3cccc4c3oc3cc(-n5c6ccccc6c6cccc(-c7nc(-c8ccccc8)nc(-c8ccccc8)n7)c65)ccc34)cc2)cc1. The van der Waals surface area contributed by atoms with E-state index in [1.54, 1.807) is 0 Å². The summed E-state index contributed by atoms with van der Waals surface area (Å²) in [5.74, 6) is 1.87. The van der Waals surface area contributed by atoms with E-state index in [1.165, 1.54) is 11.1 Å². The fourth-order valence-corrected chi connectivity index (χ4v) is 8.02. The number of fused-ring (bicyclic) bond motifs is 6. The summed E-state index contributed by atoms with van der Waals surface area (Å²) in [6, 6.07) is 67.3. The first-order chi connectivity index (χ1) is 27.8. The van der Waals surface area contributed by atoms with Gasteiger partial charge in [-0.3, -0.25) is 0 Å². The molecular formula is C51H32N4O. The molecule has 3 heterocycles. The lowest BCUT2D eigenvalue weighted by molar-refractivity contribution is 0.669. The van der Waals surface area contributed by atoms with E-state index in [-0.39, 0.29) is 0 Å². The minimum Gasteiger partial charge on any atom is -0.455 e. The Labute approximate surface area is 322 Å². The highest BCUT2D eigenvalue weighted by molar-refractivity contribution is 6.14. The second-order valence-electron chi connectivity index (χ2n) is 14.0. The van der Waals surface area contributed by atoms with Crippen LogP contribution in [0.4, 0.5) is 0 Å². The molecule has 0 aliphatic carbocycles. The number of benzene rings is 8. The van der Waals surface area contributed by atoms with Gasteiger partial charge in [-0.2, -0.15) is 0 Å². The Kier molecular flexibility index (Phi) is 7.42. The van der Waals surface area contributed by atoms with Gasteiger partial charge >= 0.3 is 0 Å². The third-order valence-electron chi connectivity index (χ3n) is 10.7. The zero-order valence-electron chi connectivity index (χ0n) is 30.2. The average molecular weight is 717 g/mol. The van der Waals surface area contributed by atoms with Crippen LogP contribution in [0.5, 0.6) is 0 Å². The van der Waals surface area contributed by atoms with Crippen molar-refractivity contribution >= 4 is 43.7 Å². The van der Waals surface area contributed by atoms with Crippen LogP contribution in [0.15, 0.2) is 199 Å². The van der Waals surface area contributed by atoms with E-state index >= 15 is 0 Å². The molecule has 0 amide bonds. The predicted molar refractivity (Wildman–Crippen MR) is 229 cm³/mol. The van der Waals surface area contributed by atoms with Gasteiger partial charge in [0, 0.05) is 55.6 Å². The van der Waals surface area contributed by atoms with Gasteiger partial charge in [-0.05, 0) is 41.0 Å². The molecule has 3 aromatic heterocycles. The van der Waals surface area contributed by atoms with Crippen LogP contribution in [-0.2, 0) is 0 Å². The molecule has 0 N–H and O–H groups in total. The third kappa shape index (κ3) is 5.29.